The quantitative estimate of drug-likeness (QED) is 0.594. The van der Waals surface area contributed by atoms with Gasteiger partial charge in [0.1, 0.15) is 0 Å². The average molecular weight is 247 g/mol. The molecule has 0 spiro atoms. The van der Waals surface area contributed by atoms with Gasteiger partial charge in [0.15, 0.2) is 0 Å². The van der Waals surface area contributed by atoms with Crippen LogP contribution in [0.3, 0.4) is 0 Å². The summed E-state index contributed by atoms with van der Waals surface area (Å²) in [6.07, 6.45) is 14.0. The third-order valence-electron chi connectivity index (χ3n) is 3.17. The fourth-order valence-corrected chi connectivity index (χ4v) is 2.44. The molecule has 0 atom stereocenters. The van der Waals surface area contributed by atoms with Crippen molar-refractivity contribution in [2.24, 2.45) is 0 Å². The van der Waals surface area contributed by atoms with E-state index in [4.69, 9.17) is 0 Å². The smallest absolute Gasteiger partial charge is 0.227 e. The van der Waals surface area contributed by atoms with Crippen LogP contribution in [0.4, 0.5) is 0 Å². The largest absolute Gasteiger partial charge is 0.312 e. The Morgan fingerprint density at radius 3 is 2.33 bits per heavy atom. The number of rotatable bonds is 0. The van der Waals surface area contributed by atoms with Crippen LogP contribution in [0.5, 0.6) is 0 Å². The molecular weight excluding hydrogens is 222 g/mol. The molecule has 0 N–H and O–H groups in total. The minimum Gasteiger partial charge on any atom is -0.312 e. The molecule has 2 rings (SSSR count). The van der Waals surface area contributed by atoms with Crippen molar-refractivity contribution in [3.63, 3.8) is 0 Å². The second-order valence-corrected chi connectivity index (χ2v) is 4.09. The molecule has 1 saturated heterocycles. The number of fused-ring (bicyclic) bond motifs is 1. The topological polar surface area (TPSA) is 20.3 Å². The molecule has 0 saturated carbocycles. The van der Waals surface area contributed by atoms with Gasteiger partial charge in [0.2, 0.25) is 5.91 Å². The zero-order chi connectivity index (χ0) is 14.1. The molecule has 2 nitrogen and oxygen atoms in total. The first-order chi connectivity index (χ1) is 8.74. The van der Waals surface area contributed by atoms with Crippen molar-refractivity contribution in [3.8, 4) is 12.8 Å². The van der Waals surface area contributed by atoms with Gasteiger partial charge in [-0.2, -0.15) is 0 Å². The first kappa shape index (κ1) is 16.5. The monoisotopic (exact) mass is 247 g/mol. The van der Waals surface area contributed by atoms with Crippen LogP contribution in [0.15, 0.2) is 22.9 Å². The summed E-state index contributed by atoms with van der Waals surface area (Å²) >= 11 is 0. The van der Waals surface area contributed by atoms with Gasteiger partial charge in [-0.05, 0) is 44.3 Å². The zero-order valence-corrected chi connectivity index (χ0v) is 12.1. The zero-order valence-electron chi connectivity index (χ0n) is 12.1. The van der Waals surface area contributed by atoms with Gasteiger partial charge in [0.25, 0.3) is 0 Å². The molecule has 2 heterocycles. The molecule has 100 valence electrons. The molecule has 2 aliphatic rings. The fraction of sp³-hybridized carbons (Fsp3) is 0.562. The minimum absolute atomic E-state index is 0.310. The number of nitrogens with zero attached hydrogens (tertiary/aromatic N) is 1. The van der Waals surface area contributed by atoms with E-state index in [2.05, 4.69) is 32.8 Å². The van der Waals surface area contributed by atoms with Crippen molar-refractivity contribution in [3.05, 3.63) is 22.9 Å². The van der Waals surface area contributed by atoms with E-state index in [1.54, 1.807) is 0 Å². The Kier molecular flexibility index (Phi) is 7.87. The molecular formula is C16H25NO. The summed E-state index contributed by atoms with van der Waals surface area (Å²) in [5.41, 5.74) is 3.98. The van der Waals surface area contributed by atoms with E-state index in [1.165, 1.54) is 16.8 Å². The second-order valence-electron chi connectivity index (χ2n) is 4.09. The number of allylic oxidation sites excluding steroid dienone is 3. The third kappa shape index (κ3) is 3.50. The number of piperidine rings is 1. The minimum atomic E-state index is 0.310. The van der Waals surface area contributed by atoms with Crippen LogP contribution >= 0.6 is 0 Å². The molecule has 0 aromatic carbocycles. The lowest BCUT2D eigenvalue weighted by Crippen LogP contribution is -2.38. The summed E-state index contributed by atoms with van der Waals surface area (Å²) in [6.45, 7) is 9.14. The van der Waals surface area contributed by atoms with E-state index in [1.807, 2.05) is 18.7 Å². The molecule has 2 aliphatic heterocycles. The Balaban J connectivity index is 0.000000659. The van der Waals surface area contributed by atoms with Crippen molar-refractivity contribution >= 4 is 5.91 Å². The predicted molar refractivity (Wildman–Crippen MR) is 77.9 cm³/mol. The Morgan fingerprint density at radius 1 is 1.17 bits per heavy atom. The Bertz CT molecular complexity index is 361. The fourth-order valence-electron chi connectivity index (χ4n) is 2.44. The highest BCUT2D eigenvalue weighted by Gasteiger charge is 2.29. The summed E-state index contributed by atoms with van der Waals surface area (Å²) in [4.78, 5) is 13.7. The number of carbonyl (C=O) groups excluding carboxylic acids is 1. The van der Waals surface area contributed by atoms with Crippen LogP contribution in [0, 0.1) is 12.8 Å². The van der Waals surface area contributed by atoms with Gasteiger partial charge in [-0.1, -0.05) is 19.9 Å². The molecule has 1 fully saturated rings. The van der Waals surface area contributed by atoms with Crippen LogP contribution in [-0.4, -0.2) is 17.4 Å². The lowest BCUT2D eigenvalue weighted by molar-refractivity contribution is -0.130. The van der Waals surface area contributed by atoms with Gasteiger partial charge >= 0.3 is 0 Å². The molecule has 0 aliphatic carbocycles. The highest BCUT2D eigenvalue weighted by molar-refractivity contribution is 5.82. The molecule has 2 heteroatoms. The first-order valence-corrected chi connectivity index (χ1v) is 6.73. The normalized spacial score (nSPS) is 20.4. The number of hydrogen-bond donors (Lipinski definition) is 0. The summed E-state index contributed by atoms with van der Waals surface area (Å²) in [5, 5.41) is 0. The van der Waals surface area contributed by atoms with E-state index >= 15 is 0 Å². The van der Waals surface area contributed by atoms with Crippen LogP contribution in [0.2, 0.25) is 0 Å². The highest BCUT2D eigenvalue weighted by Crippen LogP contribution is 2.34. The van der Waals surface area contributed by atoms with Crippen molar-refractivity contribution in [1.82, 2.24) is 4.90 Å². The van der Waals surface area contributed by atoms with Crippen LogP contribution in [0.25, 0.3) is 0 Å². The third-order valence-corrected chi connectivity index (χ3v) is 3.17. The van der Waals surface area contributed by atoms with E-state index in [-0.39, 0.29) is 0 Å². The van der Waals surface area contributed by atoms with E-state index in [9.17, 15) is 4.79 Å². The van der Waals surface area contributed by atoms with Gasteiger partial charge in [-0.15, -0.1) is 12.8 Å². The Labute approximate surface area is 112 Å². The van der Waals surface area contributed by atoms with Gasteiger partial charge in [-0.3, -0.25) is 4.79 Å². The maximum atomic E-state index is 11.7. The molecule has 18 heavy (non-hydrogen) atoms. The lowest BCUT2D eigenvalue weighted by Gasteiger charge is -2.36. The molecule has 0 aromatic heterocycles. The van der Waals surface area contributed by atoms with Crippen LogP contribution < -0.4 is 0 Å². The maximum Gasteiger partial charge on any atom is 0.227 e. The summed E-state index contributed by atoms with van der Waals surface area (Å²) in [7, 11) is 0. The van der Waals surface area contributed by atoms with Crippen molar-refractivity contribution in [2.45, 2.75) is 53.4 Å². The first-order valence-electron chi connectivity index (χ1n) is 6.73. The van der Waals surface area contributed by atoms with Gasteiger partial charge in [0.05, 0.1) is 0 Å². The summed E-state index contributed by atoms with van der Waals surface area (Å²) in [6, 6.07) is 0. The second kappa shape index (κ2) is 8.58. The van der Waals surface area contributed by atoms with Crippen molar-refractivity contribution in [2.75, 3.05) is 6.54 Å². The maximum absolute atomic E-state index is 11.7. The highest BCUT2D eigenvalue weighted by atomic mass is 16.2. The van der Waals surface area contributed by atoms with E-state index < -0.39 is 0 Å². The van der Waals surface area contributed by atoms with Gasteiger partial charge in [0, 0.05) is 18.7 Å². The lowest BCUT2D eigenvalue weighted by atomic mass is 9.91. The van der Waals surface area contributed by atoms with Crippen molar-refractivity contribution < 1.29 is 4.79 Å². The van der Waals surface area contributed by atoms with Gasteiger partial charge in [-0.25, -0.2) is 0 Å². The van der Waals surface area contributed by atoms with Crippen LogP contribution in [-0.2, 0) is 4.79 Å². The van der Waals surface area contributed by atoms with Crippen molar-refractivity contribution in [1.29, 1.82) is 0 Å². The number of amides is 1. The molecule has 0 bridgehead atoms. The van der Waals surface area contributed by atoms with Gasteiger partial charge < -0.3 is 4.90 Å². The Morgan fingerprint density at radius 2 is 1.78 bits per heavy atom. The molecule has 0 unspecified atom stereocenters. The predicted octanol–water partition coefficient (Wildman–Crippen LogP) is 3.90. The Hall–Kier alpha value is -1.49. The number of hydrogen-bond acceptors (Lipinski definition) is 1. The molecule has 0 aromatic rings. The summed E-state index contributed by atoms with van der Waals surface area (Å²) in [5.74, 6) is 0.310. The van der Waals surface area contributed by atoms with Crippen LogP contribution in [0.1, 0.15) is 53.4 Å². The molecule has 1 amide bonds. The molecule has 0 radical (unpaired) electrons. The number of carbonyl (C=O) groups is 1. The van der Waals surface area contributed by atoms with E-state index in [0.29, 0.717) is 12.3 Å². The number of terminal acetylenes is 1. The standard InChI is InChI=1S/C12H17NO.C2H6.C2H2/c1-3-10-6-7-11(14)13-8-4-5-9(2)12(10)13;2*1-2/h3H,4-8H2,1-2H3;1-2H3;1-2H/b10-3-;;. The average Bonchev–Trinajstić information content (AvgIpc) is 2.45. The van der Waals surface area contributed by atoms with E-state index in [0.717, 1.165) is 25.8 Å². The summed E-state index contributed by atoms with van der Waals surface area (Å²) < 4.78 is 0. The SMILES string of the molecule is C#C.C/C=C1/CCC(=O)N2CCCC(C)=C12.CC.